The topological polar surface area (TPSA) is 74.2 Å². The second-order valence-corrected chi connectivity index (χ2v) is 5.74. The molecular weight excluding hydrogens is 238 g/mol. The smallest absolute Gasteiger partial charge is 0.228 e. The molecule has 96 valence electrons. The molecule has 0 bridgehead atoms. The molecule has 2 unspecified atom stereocenters. The zero-order valence-corrected chi connectivity index (χ0v) is 11.1. The highest BCUT2D eigenvalue weighted by molar-refractivity contribution is 7.99. The Morgan fingerprint density at radius 3 is 3.00 bits per heavy atom. The van der Waals surface area contributed by atoms with E-state index in [2.05, 4.69) is 24.0 Å². The van der Waals surface area contributed by atoms with Crippen LogP contribution in [0.25, 0.3) is 0 Å². The molecule has 6 heteroatoms. The van der Waals surface area contributed by atoms with Crippen LogP contribution in [0.1, 0.15) is 31.7 Å². The van der Waals surface area contributed by atoms with Crippen molar-refractivity contribution in [3.63, 3.8) is 0 Å². The lowest BCUT2D eigenvalue weighted by Gasteiger charge is -2.18. The Hall–Kier alpha value is -0.590. The number of rotatable bonds is 4. The van der Waals surface area contributed by atoms with Gasteiger partial charge in [0.1, 0.15) is 6.10 Å². The Morgan fingerprint density at radius 2 is 2.35 bits per heavy atom. The van der Waals surface area contributed by atoms with Crippen molar-refractivity contribution in [3.8, 4) is 0 Å². The quantitative estimate of drug-likeness (QED) is 0.879. The van der Waals surface area contributed by atoms with Crippen LogP contribution < -0.4 is 5.73 Å². The average molecular weight is 257 g/mol. The molecular formula is C11H19N3O2S. The molecule has 2 heterocycles. The zero-order chi connectivity index (χ0) is 12.3. The molecule has 0 spiro atoms. The van der Waals surface area contributed by atoms with Gasteiger partial charge in [-0.1, -0.05) is 19.0 Å². The van der Waals surface area contributed by atoms with Gasteiger partial charge in [-0.15, -0.1) is 0 Å². The first-order valence-corrected chi connectivity index (χ1v) is 7.09. The monoisotopic (exact) mass is 257 g/mol. The SMILES string of the molecule is CC(C)C(N)Cc1nc(C2CSCCO2)no1. The molecule has 2 atom stereocenters. The van der Waals surface area contributed by atoms with Gasteiger partial charge in [-0.2, -0.15) is 16.7 Å². The van der Waals surface area contributed by atoms with Crippen LogP contribution in [0.3, 0.4) is 0 Å². The molecule has 5 nitrogen and oxygen atoms in total. The number of hydrogen-bond acceptors (Lipinski definition) is 6. The van der Waals surface area contributed by atoms with Crippen LogP contribution in [-0.4, -0.2) is 34.3 Å². The van der Waals surface area contributed by atoms with Gasteiger partial charge in [-0.25, -0.2) is 0 Å². The number of nitrogens with zero attached hydrogens (tertiary/aromatic N) is 2. The number of nitrogens with two attached hydrogens (primary N) is 1. The minimum atomic E-state index is -0.0264. The van der Waals surface area contributed by atoms with Gasteiger partial charge in [0.15, 0.2) is 0 Å². The summed E-state index contributed by atoms with van der Waals surface area (Å²) in [6.07, 6.45) is 0.603. The fourth-order valence-electron chi connectivity index (χ4n) is 1.56. The fraction of sp³-hybridized carbons (Fsp3) is 0.818. The summed E-state index contributed by atoms with van der Waals surface area (Å²) in [6, 6.07) is 0.0601. The van der Waals surface area contributed by atoms with Gasteiger partial charge in [0, 0.05) is 24.0 Å². The van der Waals surface area contributed by atoms with E-state index in [-0.39, 0.29) is 12.1 Å². The van der Waals surface area contributed by atoms with Crippen molar-refractivity contribution in [2.24, 2.45) is 11.7 Å². The summed E-state index contributed by atoms with van der Waals surface area (Å²) >= 11 is 1.85. The van der Waals surface area contributed by atoms with E-state index in [0.717, 1.165) is 18.1 Å². The Balaban J connectivity index is 1.95. The lowest BCUT2D eigenvalue weighted by molar-refractivity contribution is 0.0677. The number of ether oxygens (including phenoxy) is 1. The first kappa shape index (κ1) is 12.9. The summed E-state index contributed by atoms with van der Waals surface area (Å²) in [6.45, 7) is 4.93. The highest BCUT2D eigenvalue weighted by Gasteiger charge is 2.22. The highest BCUT2D eigenvalue weighted by Crippen LogP contribution is 2.24. The van der Waals surface area contributed by atoms with Gasteiger partial charge < -0.3 is 15.0 Å². The molecule has 17 heavy (non-hydrogen) atoms. The molecule has 1 aromatic rings. The molecule has 0 amide bonds. The lowest BCUT2D eigenvalue weighted by Crippen LogP contribution is -2.28. The van der Waals surface area contributed by atoms with Gasteiger partial charge in [0.05, 0.1) is 6.61 Å². The van der Waals surface area contributed by atoms with Gasteiger partial charge >= 0.3 is 0 Å². The molecule has 0 aromatic carbocycles. The molecule has 0 radical (unpaired) electrons. The van der Waals surface area contributed by atoms with Crippen molar-refractivity contribution in [2.45, 2.75) is 32.4 Å². The van der Waals surface area contributed by atoms with Crippen LogP contribution in [0.5, 0.6) is 0 Å². The molecule has 1 aliphatic heterocycles. The third-order valence-corrected chi connectivity index (χ3v) is 3.85. The van der Waals surface area contributed by atoms with Crippen molar-refractivity contribution in [2.75, 3.05) is 18.1 Å². The Bertz CT molecular complexity index is 350. The van der Waals surface area contributed by atoms with Crippen LogP contribution in [0.2, 0.25) is 0 Å². The molecule has 2 rings (SSSR count). The maximum absolute atomic E-state index is 5.97. The maximum Gasteiger partial charge on any atom is 0.228 e. The summed E-state index contributed by atoms with van der Waals surface area (Å²) in [5.74, 6) is 3.62. The van der Waals surface area contributed by atoms with Crippen molar-refractivity contribution in [1.29, 1.82) is 0 Å². The maximum atomic E-state index is 5.97. The molecule has 1 aliphatic rings. The molecule has 1 aromatic heterocycles. The summed E-state index contributed by atoms with van der Waals surface area (Å²) in [7, 11) is 0. The summed E-state index contributed by atoms with van der Waals surface area (Å²) in [4.78, 5) is 4.36. The van der Waals surface area contributed by atoms with Crippen LogP contribution in [0.4, 0.5) is 0 Å². The Morgan fingerprint density at radius 1 is 1.53 bits per heavy atom. The van der Waals surface area contributed by atoms with Crippen LogP contribution in [0.15, 0.2) is 4.52 Å². The predicted octanol–water partition coefficient (Wildman–Crippen LogP) is 1.40. The zero-order valence-electron chi connectivity index (χ0n) is 10.3. The largest absolute Gasteiger partial charge is 0.368 e. The van der Waals surface area contributed by atoms with E-state index >= 15 is 0 Å². The van der Waals surface area contributed by atoms with E-state index in [9.17, 15) is 0 Å². The molecule has 0 saturated carbocycles. The average Bonchev–Trinajstić information content (AvgIpc) is 2.78. The number of hydrogen-bond donors (Lipinski definition) is 1. The van der Waals surface area contributed by atoms with E-state index < -0.39 is 0 Å². The first-order valence-electron chi connectivity index (χ1n) is 5.94. The Kier molecular flexibility index (Phi) is 4.42. The van der Waals surface area contributed by atoms with Crippen molar-refractivity contribution in [3.05, 3.63) is 11.7 Å². The van der Waals surface area contributed by atoms with E-state index in [1.165, 1.54) is 0 Å². The van der Waals surface area contributed by atoms with Crippen molar-refractivity contribution >= 4 is 11.8 Å². The number of aromatic nitrogens is 2. The van der Waals surface area contributed by atoms with Gasteiger partial charge in [0.2, 0.25) is 11.7 Å². The molecule has 1 fully saturated rings. The van der Waals surface area contributed by atoms with E-state index in [4.69, 9.17) is 15.0 Å². The van der Waals surface area contributed by atoms with Crippen LogP contribution in [0, 0.1) is 5.92 Å². The lowest BCUT2D eigenvalue weighted by atomic mass is 10.0. The van der Waals surface area contributed by atoms with E-state index in [1.807, 2.05) is 11.8 Å². The third-order valence-electron chi connectivity index (χ3n) is 2.85. The Labute approximate surface area is 105 Å². The van der Waals surface area contributed by atoms with Crippen LogP contribution >= 0.6 is 11.8 Å². The molecule has 1 saturated heterocycles. The standard InChI is InChI=1S/C11H19N3O2S/c1-7(2)8(12)5-10-13-11(14-16-10)9-6-17-4-3-15-9/h7-9H,3-6,12H2,1-2H3. The van der Waals surface area contributed by atoms with E-state index in [1.54, 1.807) is 0 Å². The minimum Gasteiger partial charge on any atom is -0.368 e. The van der Waals surface area contributed by atoms with E-state index in [0.29, 0.717) is 24.1 Å². The van der Waals surface area contributed by atoms with Gasteiger partial charge in [0.25, 0.3) is 0 Å². The molecule has 0 aliphatic carbocycles. The fourth-order valence-corrected chi connectivity index (χ4v) is 2.40. The minimum absolute atomic E-state index is 0.0264. The normalized spacial score (nSPS) is 22.9. The van der Waals surface area contributed by atoms with Crippen molar-refractivity contribution in [1.82, 2.24) is 10.1 Å². The van der Waals surface area contributed by atoms with Crippen LogP contribution in [-0.2, 0) is 11.2 Å². The number of thioether (sulfide) groups is 1. The predicted molar refractivity (Wildman–Crippen MR) is 66.8 cm³/mol. The van der Waals surface area contributed by atoms with Gasteiger partial charge in [-0.3, -0.25) is 0 Å². The first-order chi connectivity index (χ1) is 8.16. The van der Waals surface area contributed by atoms with Gasteiger partial charge in [-0.05, 0) is 5.92 Å². The second kappa shape index (κ2) is 5.84. The van der Waals surface area contributed by atoms with Crippen molar-refractivity contribution < 1.29 is 9.26 Å². The third kappa shape index (κ3) is 3.43. The summed E-state index contributed by atoms with van der Waals surface area (Å²) in [5, 5.41) is 3.97. The highest BCUT2D eigenvalue weighted by atomic mass is 32.2. The second-order valence-electron chi connectivity index (χ2n) is 4.59. The summed E-state index contributed by atoms with van der Waals surface area (Å²) < 4.78 is 10.8. The molecule has 2 N–H and O–H groups in total. The summed E-state index contributed by atoms with van der Waals surface area (Å²) in [5.41, 5.74) is 5.97.